The standard InChI is InChI=1S/C34H26ClF3N4O7S3/c35-14-5-10-22(49-13-23(43)40-15-6-8-16(9-7-15)52(39,47)48)17(11-14)24-25-18-12-19(28(25)50-30-29(24)51-33(46)41-30)27-26(18)31(44)42(32(27)45)21-4-2-1-3-20(21)34(36,37)38/h1-11,18-19,24-28H,12-13H2,(H,40,43)(H,41,46)(H2,39,47,48)/t18-,19-,24+,25-,26+,27+,28-/m1/s1. The first-order valence-corrected chi connectivity index (χ1v) is 19.5. The zero-order valence-electron chi connectivity index (χ0n) is 26.4. The Bertz CT molecular complexity index is 2330. The maximum atomic E-state index is 14.1. The highest BCUT2D eigenvalue weighted by Gasteiger charge is 2.70. The Kier molecular flexibility index (Phi) is 8.37. The van der Waals surface area contributed by atoms with Gasteiger partial charge >= 0.3 is 11.0 Å². The molecule has 3 fully saturated rings. The first-order valence-electron chi connectivity index (χ1n) is 15.9. The Labute approximate surface area is 306 Å². The van der Waals surface area contributed by atoms with E-state index in [1.54, 1.807) is 18.2 Å². The first-order chi connectivity index (χ1) is 24.6. The zero-order chi connectivity index (χ0) is 36.9. The van der Waals surface area contributed by atoms with Gasteiger partial charge in [0.1, 0.15) is 5.75 Å². The molecule has 3 heterocycles. The van der Waals surface area contributed by atoms with Gasteiger partial charge in [0.15, 0.2) is 6.61 Å². The number of ether oxygens (including phenoxy) is 1. The van der Waals surface area contributed by atoms with Crippen LogP contribution in [0.25, 0.3) is 0 Å². The van der Waals surface area contributed by atoms with Gasteiger partial charge in [0.25, 0.3) is 5.91 Å². The normalized spacial score (nSPS) is 26.2. The van der Waals surface area contributed by atoms with Crippen molar-refractivity contribution in [3.8, 4) is 5.75 Å². The molecule has 2 saturated carbocycles. The van der Waals surface area contributed by atoms with Gasteiger partial charge in [-0.25, -0.2) is 18.5 Å². The molecule has 270 valence electrons. The quantitative estimate of drug-likeness (QED) is 0.208. The van der Waals surface area contributed by atoms with Crippen molar-refractivity contribution in [2.24, 2.45) is 34.7 Å². The van der Waals surface area contributed by atoms with Crippen LogP contribution in [-0.2, 0) is 30.6 Å². The van der Waals surface area contributed by atoms with E-state index in [1.807, 2.05) is 0 Å². The summed E-state index contributed by atoms with van der Waals surface area (Å²) in [5.74, 6) is -4.99. The van der Waals surface area contributed by atoms with E-state index in [-0.39, 0.29) is 32.6 Å². The SMILES string of the molecule is NS(=O)(=O)c1ccc(NC(=O)COc2ccc(Cl)cc2[C@@H]2c3sc(=O)[nH]c3S[C@@H]3[C@@H]4C[C@@H]([C@@H]5C(=O)N(c6ccccc6C(F)(F)F)C(=O)[C@@H]45)[C@H]23)cc1. The van der Waals surface area contributed by atoms with Crippen molar-refractivity contribution in [3.63, 3.8) is 0 Å². The maximum Gasteiger partial charge on any atom is 0.418 e. The van der Waals surface area contributed by atoms with E-state index in [1.165, 1.54) is 48.2 Å². The van der Waals surface area contributed by atoms with E-state index >= 15 is 0 Å². The minimum absolute atomic E-state index is 0.127. The second-order valence-corrected chi connectivity index (χ2v) is 17.3. The number of benzene rings is 3. The fourth-order valence-electron chi connectivity index (χ4n) is 8.47. The van der Waals surface area contributed by atoms with Gasteiger partial charge in [-0.3, -0.25) is 19.2 Å². The van der Waals surface area contributed by atoms with Crippen LogP contribution in [0.5, 0.6) is 5.75 Å². The molecule has 11 nitrogen and oxygen atoms in total. The minimum Gasteiger partial charge on any atom is -0.483 e. The van der Waals surface area contributed by atoms with Gasteiger partial charge in [-0.2, -0.15) is 13.2 Å². The fourth-order valence-corrected chi connectivity index (χ4v) is 12.0. The highest BCUT2D eigenvalue weighted by atomic mass is 35.5. The molecule has 4 N–H and O–H groups in total. The average molecular weight is 791 g/mol. The van der Waals surface area contributed by atoms with Crippen molar-refractivity contribution >= 4 is 73.8 Å². The van der Waals surface area contributed by atoms with Crippen LogP contribution in [0.15, 0.2) is 81.4 Å². The van der Waals surface area contributed by atoms with Crippen molar-refractivity contribution in [3.05, 3.63) is 97.4 Å². The Hall–Kier alpha value is -4.16. The Balaban J connectivity index is 1.12. The van der Waals surface area contributed by atoms with E-state index in [9.17, 15) is 40.8 Å². The third-order valence-corrected chi connectivity index (χ3v) is 14.1. The lowest BCUT2D eigenvalue weighted by Crippen LogP contribution is -2.42. The number of amides is 3. The molecule has 1 aromatic heterocycles. The molecule has 4 aromatic rings. The highest BCUT2D eigenvalue weighted by Crippen LogP contribution is 2.69. The number of alkyl halides is 3. The topological polar surface area (TPSA) is 169 Å². The van der Waals surface area contributed by atoms with E-state index in [0.29, 0.717) is 37.5 Å². The molecule has 7 atom stereocenters. The maximum absolute atomic E-state index is 14.1. The largest absolute Gasteiger partial charge is 0.483 e. The number of anilines is 2. The van der Waals surface area contributed by atoms with Crippen LogP contribution >= 0.6 is 34.7 Å². The van der Waals surface area contributed by atoms with Gasteiger partial charge < -0.3 is 15.0 Å². The van der Waals surface area contributed by atoms with Gasteiger partial charge in [-0.15, -0.1) is 11.8 Å². The molecule has 2 bridgehead atoms. The van der Waals surface area contributed by atoms with Crippen LogP contribution in [0, 0.1) is 29.6 Å². The lowest BCUT2D eigenvalue weighted by Gasteiger charge is -2.43. The summed E-state index contributed by atoms with van der Waals surface area (Å²) in [6.07, 6.45) is -4.30. The van der Waals surface area contributed by atoms with Crippen LogP contribution in [0.1, 0.15) is 28.3 Å². The van der Waals surface area contributed by atoms with Crippen LogP contribution in [-0.4, -0.2) is 43.0 Å². The third-order valence-electron chi connectivity index (χ3n) is 10.3. The second kappa shape index (κ2) is 12.5. The van der Waals surface area contributed by atoms with Gasteiger partial charge in [-0.05, 0) is 78.8 Å². The Morgan fingerprint density at radius 2 is 1.71 bits per heavy atom. The number of aromatic amines is 1. The van der Waals surface area contributed by atoms with Crippen LogP contribution in [0.3, 0.4) is 0 Å². The molecule has 0 radical (unpaired) electrons. The number of para-hydroxylation sites is 1. The summed E-state index contributed by atoms with van der Waals surface area (Å²) in [4.78, 5) is 57.6. The highest BCUT2D eigenvalue weighted by molar-refractivity contribution is 8.00. The number of nitrogens with one attached hydrogen (secondary N) is 2. The third kappa shape index (κ3) is 5.73. The number of H-pyrrole nitrogens is 1. The number of primary sulfonamides is 1. The number of sulfonamides is 1. The average Bonchev–Trinajstić information content (AvgIpc) is 3.82. The molecule has 3 amide bonds. The minimum atomic E-state index is -4.79. The summed E-state index contributed by atoms with van der Waals surface area (Å²) in [5.41, 5.74) is -0.715. The molecule has 2 aliphatic heterocycles. The first kappa shape index (κ1) is 34.9. The Morgan fingerprint density at radius 1 is 1.02 bits per heavy atom. The number of fused-ring (bicyclic) bond motifs is 9. The molecule has 1 saturated heterocycles. The van der Waals surface area contributed by atoms with Crippen molar-refractivity contribution in [2.75, 3.05) is 16.8 Å². The van der Waals surface area contributed by atoms with Gasteiger partial charge in [0.05, 0.1) is 33.0 Å². The number of aromatic nitrogens is 1. The number of carbonyl (C=O) groups excluding carboxylic acids is 3. The number of thiazole rings is 1. The predicted molar refractivity (Wildman–Crippen MR) is 186 cm³/mol. The molecular weight excluding hydrogens is 765 g/mol. The predicted octanol–water partition coefficient (Wildman–Crippen LogP) is 5.45. The second-order valence-electron chi connectivity index (χ2n) is 13.1. The molecule has 3 aromatic carbocycles. The van der Waals surface area contributed by atoms with Crippen molar-refractivity contribution in [2.45, 2.75) is 33.7 Å². The molecule has 4 aliphatic rings. The number of hydrogen-bond donors (Lipinski definition) is 3. The molecule has 0 spiro atoms. The van der Waals surface area contributed by atoms with E-state index in [2.05, 4.69) is 10.3 Å². The van der Waals surface area contributed by atoms with Crippen molar-refractivity contribution in [1.82, 2.24) is 4.98 Å². The number of halogens is 4. The van der Waals surface area contributed by atoms with Gasteiger partial charge in [0.2, 0.25) is 21.8 Å². The number of thioether (sulfide) groups is 1. The zero-order valence-corrected chi connectivity index (χ0v) is 29.6. The number of carbonyl (C=O) groups is 3. The van der Waals surface area contributed by atoms with Gasteiger partial charge in [-0.1, -0.05) is 35.1 Å². The van der Waals surface area contributed by atoms with Crippen LogP contribution < -0.4 is 25.0 Å². The smallest absolute Gasteiger partial charge is 0.418 e. The number of rotatable bonds is 7. The molecular formula is C34H26ClF3N4O7S3. The lowest BCUT2D eigenvalue weighted by atomic mass is 9.68. The van der Waals surface area contributed by atoms with Crippen molar-refractivity contribution in [1.29, 1.82) is 0 Å². The number of hydrogen-bond acceptors (Lipinski definition) is 9. The lowest BCUT2D eigenvalue weighted by molar-refractivity contribution is -0.137. The molecule has 0 unspecified atom stereocenters. The van der Waals surface area contributed by atoms with E-state index in [4.69, 9.17) is 21.5 Å². The summed E-state index contributed by atoms with van der Waals surface area (Å²) < 4.78 is 71.3. The number of imide groups is 1. The van der Waals surface area contributed by atoms with E-state index < -0.39 is 75.5 Å². The molecule has 2 aliphatic carbocycles. The summed E-state index contributed by atoms with van der Waals surface area (Å²) in [6, 6.07) is 14.6. The Morgan fingerprint density at radius 3 is 2.40 bits per heavy atom. The molecule has 8 rings (SSSR count). The summed E-state index contributed by atoms with van der Waals surface area (Å²) in [5, 5.41) is 8.42. The fraction of sp³-hybridized carbons (Fsp3) is 0.294. The summed E-state index contributed by atoms with van der Waals surface area (Å²) in [7, 11) is -3.93. The van der Waals surface area contributed by atoms with Crippen molar-refractivity contribution < 1.29 is 40.7 Å². The number of nitrogens with zero attached hydrogens (tertiary/aromatic N) is 1. The van der Waals surface area contributed by atoms with Crippen LogP contribution in [0.4, 0.5) is 24.5 Å². The van der Waals surface area contributed by atoms with Crippen LogP contribution in [0.2, 0.25) is 5.02 Å². The summed E-state index contributed by atoms with van der Waals surface area (Å²) >= 11 is 8.92. The van der Waals surface area contributed by atoms with E-state index in [0.717, 1.165) is 23.5 Å². The van der Waals surface area contributed by atoms with Gasteiger partial charge in [0, 0.05) is 32.3 Å². The monoisotopic (exact) mass is 790 g/mol. The number of nitrogens with two attached hydrogens (primary N) is 1. The molecule has 18 heteroatoms. The summed E-state index contributed by atoms with van der Waals surface area (Å²) in [6.45, 7) is -0.464. The molecule has 52 heavy (non-hydrogen) atoms.